The van der Waals surface area contributed by atoms with Crippen molar-refractivity contribution in [1.82, 2.24) is 10.2 Å². The van der Waals surface area contributed by atoms with Gasteiger partial charge in [0.1, 0.15) is 5.60 Å². The van der Waals surface area contributed by atoms with Gasteiger partial charge in [-0.15, -0.1) is 0 Å². The molecule has 22 heavy (non-hydrogen) atoms. The predicted octanol–water partition coefficient (Wildman–Crippen LogP) is 3.66. The summed E-state index contributed by atoms with van der Waals surface area (Å²) in [6.45, 7) is 13.2. The summed E-state index contributed by atoms with van der Waals surface area (Å²) in [5.74, 6) is 2.16. The summed E-state index contributed by atoms with van der Waals surface area (Å²) < 4.78 is 5.50. The van der Waals surface area contributed by atoms with Gasteiger partial charge in [0.2, 0.25) is 0 Å². The van der Waals surface area contributed by atoms with Crippen molar-refractivity contribution in [3.63, 3.8) is 0 Å². The number of carbonyl (C=O) groups is 1. The van der Waals surface area contributed by atoms with Crippen molar-refractivity contribution < 1.29 is 9.53 Å². The largest absolute Gasteiger partial charge is 0.444 e. The van der Waals surface area contributed by atoms with Crippen LogP contribution in [0.5, 0.6) is 0 Å². The first-order valence-corrected chi connectivity index (χ1v) is 8.97. The third kappa shape index (κ3) is 4.87. The number of carbonyl (C=O) groups excluding carboxylic acids is 1. The number of hydrogen-bond donors (Lipinski definition) is 1. The summed E-state index contributed by atoms with van der Waals surface area (Å²) in [5.41, 5.74) is -0.405. The van der Waals surface area contributed by atoms with Crippen LogP contribution in [0.3, 0.4) is 0 Å². The molecule has 4 atom stereocenters. The van der Waals surface area contributed by atoms with Gasteiger partial charge < -0.3 is 15.0 Å². The summed E-state index contributed by atoms with van der Waals surface area (Å²) >= 11 is 0. The van der Waals surface area contributed by atoms with Gasteiger partial charge in [-0.2, -0.15) is 0 Å². The number of rotatable bonds is 3. The van der Waals surface area contributed by atoms with E-state index in [9.17, 15) is 4.79 Å². The van der Waals surface area contributed by atoms with Crippen molar-refractivity contribution in [2.75, 3.05) is 19.6 Å². The quantitative estimate of drug-likeness (QED) is 0.865. The molecule has 2 rings (SSSR count). The van der Waals surface area contributed by atoms with Crippen LogP contribution in [0.15, 0.2) is 0 Å². The molecule has 0 aromatic carbocycles. The molecule has 2 fully saturated rings. The van der Waals surface area contributed by atoms with E-state index in [1.165, 1.54) is 19.3 Å². The Morgan fingerprint density at radius 3 is 2.55 bits per heavy atom. The molecule has 4 nitrogen and oxygen atoms in total. The van der Waals surface area contributed by atoms with Crippen molar-refractivity contribution in [3.8, 4) is 0 Å². The first kappa shape index (κ1) is 17.6. The molecule has 128 valence electrons. The second-order valence-corrected chi connectivity index (χ2v) is 8.36. The number of nitrogens with zero attached hydrogens (tertiary/aromatic N) is 1. The Hall–Kier alpha value is -0.770. The monoisotopic (exact) mass is 310 g/mol. The van der Waals surface area contributed by atoms with E-state index in [1.807, 2.05) is 25.7 Å². The van der Waals surface area contributed by atoms with Gasteiger partial charge in [0, 0.05) is 19.1 Å². The molecule has 1 aliphatic carbocycles. The normalized spacial score (nSPS) is 33.0. The van der Waals surface area contributed by atoms with Gasteiger partial charge in [-0.1, -0.05) is 13.8 Å². The molecule has 0 aromatic rings. The van der Waals surface area contributed by atoms with Gasteiger partial charge in [0.05, 0.1) is 0 Å². The van der Waals surface area contributed by atoms with Crippen LogP contribution in [-0.4, -0.2) is 42.3 Å². The summed E-state index contributed by atoms with van der Waals surface area (Å²) in [6.07, 6.45) is 4.78. The van der Waals surface area contributed by atoms with E-state index in [4.69, 9.17) is 4.74 Å². The van der Waals surface area contributed by atoms with Crippen LogP contribution in [0, 0.1) is 17.8 Å². The van der Waals surface area contributed by atoms with E-state index in [0.29, 0.717) is 12.0 Å². The highest BCUT2D eigenvalue weighted by molar-refractivity contribution is 5.68. The number of ether oxygens (including phenoxy) is 1. The molecule has 2 aliphatic rings. The molecule has 4 unspecified atom stereocenters. The Labute approximate surface area is 136 Å². The van der Waals surface area contributed by atoms with Gasteiger partial charge in [-0.3, -0.25) is 0 Å². The van der Waals surface area contributed by atoms with Crippen LogP contribution in [0.4, 0.5) is 4.79 Å². The molecule has 0 radical (unpaired) electrons. The standard InChI is InChI=1S/C18H34N2O2/c1-13-8-9-16(14(13)2)19-11-15-7-6-10-20(12-15)17(21)22-18(3,4)5/h13-16,19H,6-12H2,1-5H3. The van der Waals surface area contributed by atoms with E-state index in [0.717, 1.165) is 37.9 Å². The molecule has 1 saturated carbocycles. The number of hydrogen-bond acceptors (Lipinski definition) is 3. The highest BCUT2D eigenvalue weighted by Crippen LogP contribution is 2.31. The number of likely N-dealkylation sites (tertiary alicyclic amines) is 1. The van der Waals surface area contributed by atoms with Crippen LogP contribution < -0.4 is 5.32 Å². The Bertz CT molecular complexity index is 378. The fourth-order valence-corrected chi connectivity index (χ4v) is 3.69. The average Bonchev–Trinajstić information content (AvgIpc) is 2.75. The summed E-state index contributed by atoms with van der Waals surface area (Å²) in [4.78, 5) is 14.1. The minimum Gasteiger partial charge on any atom is -0.444 e. The number of amides is 1. The van der Waals surface area contributed by atoms with Gasteiger partial charge in [0.15, 0.2) is 0 Å². The fraction of sp³-hybridized carbons (Fsp3) is 0.944. The molecule has 0 bridgehead atoms. The second kappa shape index (κ2) is 7.20. The maximum atomic E-state index is 12.2. The van der Waals surface area contributed by atoms with Gasteiger partial charge in [-0.25, -0.2) is 4.79 Å². The third-order valence-corrected chi connectivity index (χ3v) is 5.30. The average molecular weight is 310 g/mol. The van der Waals surface area contributed by atoms with Crippen molar-refractivity contribution in [2.45, 2.75) is 71.9 Å². The molecule has 1 aliphatic heterocycles. The smallest absolute Gasteiger partial charge is 0.410 e. The Morgan fingerprint density at radius 2 is 1.95 bits per heavy atom. The molecule has 0 spiro atoms. The van der Waals surface area contributed by atoms with E-state index in [2.05, 4.69) is 19.2 Å². The number of piperidine rings is 1. The zero-order valence-electron chi connectivity index (χ0n) is 15.0. The van der Waals surface area contributed by atoms with Crippen LogP contribution in [-0.2, 0) is 4.74 Å². The van der Waals surface area contributed by atoms with Crippen LogP contribution in [0.1, 0.15) is 60.3 Å². The van der Waals surface area contributed by atoms with E-state index >= 15 is 0 Å². The van der Waals surface area contributed by atoms with Crippen LogP contribution >= 0.6 is 0 Å². The maximum absolute atomic E-state index is 12.2. The SMILES string of the molecule is CC1CCC(NCC2CCCN(C(=O)OC(C)(C)C)C2)C1C. The maximum Gasteiger partial charge on any atom is 0.410 e. The molecule has 4 heteroatoms. The second-order valence-electron chi connectivity index (χ2n) is 8.36. The van der Waals surface area contributed by atoms with E-state index in [-0.39, 0.29) is 6.09 Å². The predicted molar refractivity (Wildman–Crippen MR) is 89.9 cm³/mol. The highest BCUT2D eigenvalue weighted by Gasteiger charge is 2.31. The van der Waals surface area contributed by atoms with Gasteiger partial charge in [-0.05, 0) is 70.8 Å². The van der Waals surface area contributed by atoms with Crippen molar-refractivity contribution >= 4 is 6.09 Å². The topological polar surface area (TPSA) is 41.6 Å². The lowest BCUT2D eigenvalue weighted by Gasteiger charge is -2.35. The third-order valence-electron chi connectivity index (χ3n) is 5.30. The van der Waals surface area contributed by atoms with E-state index < -0.39 is 5.60 Å². The molecular formula is C18H34N2O2. The van der Waals surface area contributed by atoms with E-state index in [1.54, 1.807) is 0 Å². The first-order chi connectivity index (χ1) is 10.3. The molecule has 1 N–H and O–H groups in total. The zero-order chi connectivity index (χ0) is 16.3. The molecular weight excluding hydrogens is 276 g/mol. The van der Waals surface area contributed by atoms with Crippen LogP contribution in [0.25, 0.3) is 0 Å². The Morgan fingerprint density at radius 1 is 1.23 bits per heavy atom. The first-order valence-electron chi connectivity index (χ1n) is 8.97. The highest BCUT2D eigenvalue weighted by atomic mass is 16.6. The summed E-state index contributed by atoms with van der Waals surface area (Å²) in [7, 11) is 0. The molecule has 1 heterocycles. The summed E-state index contributed by atoms with van der Waals surface area (Å²) in [5, 5.41) is 3.76. The Kier molecular flexibility index (Phi) is 5.76. The number of nitrogens with one attached hydrogen (secondary N) is 1. The fourth-order valence-electron chi connectivity index (χ4n) is 3.69. The van der Waals surface area contributed by atoms with Gasteiger partial charge in [0.25, 0.3) is 0 Å². The lowest BCUT2D eigenvalue weighted by atomic mass is 9.95. The minimum absolute atomic E-state index is 0.153. The zero-order valence-corrected chi connectivity index (χ0v) is 15.0. The lowest BCUT2D eigenvalue weighted by Crippen LogP contribution is -2.46. The van der Waals surface area contributed by atoms with Crippen molar-refractivity contribution in [3.05, 3.63) is 0 Å². The minimum atomic E-state index is -0.405. The molecule has 0 aromatic heterocycles. The molecule has 1 amide bonds. The Balaban J connectivity index is 1.77. The van der Waals surface area contributed by atoms with Gasteiger partial charge >= 0.3 is 6.09 Å². The molecule has 1 saturated heterocycles. The van der Waals surface area contributed by atoms with Crippen LogP contribution in [0.2, 0.25) is 0 Å². The summed E-state index contributed by atoms with van der Waals surface area (Å²) in [6, 6.07) is 0.659. The van der Waals surface area contributed by atoms with Crippen molar-refractivity contribution in [2.24, 2.45) is 17.8 Å². The lowest BCUT2D eigenvalue weighted by molar-refractivity contribution is 0.0164. The van der Waals surface area contributed by atoms with Crippen molar-refractivity contribution in [1.29, 1.82) is 0 Å².